The van der Waals surface area contributed by atoms with Gasteiger partial charge in [-0.25, -0.2) is 9.37 Å². The molecule has 1 fully saturated rings. The SMILES string of the molecule is O=C(c1cccc(-c2ccc(Oc3ccc(F)cc3)cc2)n1)N1CCN(CCc2cccnc2)CC1. The van der Waals surface area contributed by atoms with Crippen molar-refractivity contribution >= 4 is 5.91 Å². The van der Waals surface area contributed by atoms with Crippen LogP contribution in [0.4, 0.5) is 4.39 Å². The van der Waals surface area contributed by atoms with E-state index in [0.717, 1.165) is 37.3 Å². The van der Waals surface area contributed by atoms with Gasteiger partial charge in [0.05, 0.1) is 5.69 Å². The third kappa shape index (κ3) is 5.93. The van der Waals surface area contributed by atoms with Crippen molar-refractivity contribution in [1.29, 1.82) is 0 Å². The minimum absolute atomic E-state index is 0.0416. The summed E-state index contributed by atoms with van der Waals surface area (Å²) in [6.07, 6.45) is 4.65. The summed E-state index contributed by atoms with van der Waals surface area (Å²) in [7, 11) is 0. The normalized spacial score (nSPS) is 14.0. The molecule has 0 spiro atoms. The van der Waals surface area contributed by atoms with Gasteiger partial charge < -0.3 is 9.64 Å². The number of aromatic nitrogens is 2. The summed E-state index contributed by atoms with van der Waals surface area (Å²) in [5.41, 5.74) is 3.29. The van der Waals surface area contributed by atoms with E-state index in [1.807, 2.05) is 53.6 Å². The van der Waals surface area contributed by atoms with E-state index in [-0.39, 0.29) is 11.7 Å². The molecule has 0 aliphatic carbocycles. The molecule has 182 valence electrons. The lowest BCUT2D eigenvalue weighted by molar-refractivity contribution is 0.0633. The van der Waals surface area contributed by atoms with Crippen LogP contribution in [0.2, 0.25) is 0 Å². The largest absolute Gasteiger partial charge is 0.457 e. The number of benzene rings is 2. The van der Waals surface area contributed by atoms with Gasteiger partial charge in [-0.15, -0.1) is 0 Å². The molecule has 36 heavy (non-hydrogen) atoms. The van der Waals surface area contributed by atoms with Gasteiger partial charge in [0.25, 0.3) is 5.91 Å². The third-order valence-corrected chi connectivity index (χ3v) is 6.27. The van der Waals surface area contributed by atoms with Crippen LogP contribution in [0.25, 0.3) is 11.3 Å². The molecule has 0 bridgehead atoms. The zero-order valence-corrected chi connectivity index (χ0v) is 19.9. The smallest absolute Gasteiger partial charge is 0.272 e. The first kappa shape index (κ1) is 23.6. The number of piperazine rings is 1. The fourth-order valence-corrected chi connectivity index (χ4v) is 4.22. The summed E-state index contributed by atoms with van der Waals surface area (Å²) >= 11 is 0. The quantitative estimate of drug-likeness (QED) is 0.368. The molecule has 0 saturated carbocycles. The minimum atomic E-state index is -0.305. The molecule has 4 aromatic rings. The van der Waals surface area contributed by atoms with Crippen LogP contribution in [0.1, 0.15) is 16.1 Å². The summed E-state index contributed by atoms with van der Waals surface area (Å²) in [6.45, 7) is 4.03. The predicted molar refractivity (Wildman–Crippen MR) is 136 cm³/mol. The topological polar surface area (TPSA) is 58.6 Å². The van der Waals surface area contributed by atoms with Crippen molar-refractivity contribution in [2.45, 2.75) is 6.42 Å². The lowest BCUT2D eigenvalue weighted by atomic mass is 10.1. The maximum absolute atomic E-state index is 13.1. The molecule has 0 unspecified atom stereocenters. The number of hydrogen-bond donors (Lipinski definition) is 0. The second-order valence-corrected chi connectivity index (χ2v) is 8.73. The van der Waals surface area contributed by atoms with Crippen molar-refractivity contribution < 1.29 is 13.9 Å². The lowest BCUT2D eigenvalue weighted by Gasteiger charge is -2.34. The molecule has 1 amide bonds. The second kappa shape index (κ2) is 11.1. The maximum Gasteiger partial charge on any atom is 0.272 e. The Labute approximate surface area is 210 Å². The van der Waals surface area contributed by atoms with Crippen LogP contribution in [0.5, 0.6) is 11.5 Å². The Morgan fingerprint density at radius 1 is 0.861 bits per heavy atom. The van der Waals surface area contributed by atoms with Gasteiger partial charge in [-0.1, -0.05) is 12.1 Å². The molecule has 0 N–H and O–H groups in total. The van der Waals surface area contributed by atoms with Crippen molar-refractivity contribution in [3.63, 3.8) is 0 Å². The number of nitrogens with zero attached hydrogens (tertiary/aromatic N) is 4. The Balaban J connectivity index is 1.17. The summed E-state index contributed by atoms with van der Waals surface area (Å²) in [5.74, 6) is 0.854. The molecular weight excluding hydrogens is 455 g/mol. The van der Waals surface area contributed by atoms with E-state index in [4.69, 9.17) is 4.74 Å². The first-order valence-electron chi connectivity index (χ1n) is 12.1. The molecule has 0 radical (unpaired) electrons. The number of pyridine rings is 2. The van der Waals surface area contributed by atoms with Crippen molar-refractivity contribution in [2.75, 3.05) is 32.7 Å². The molecule has 5 rings (SSSR count). The lowest BCUT2D eigenvalue weighted by Crippen LogP contribution is -2.49. The maximum atomic E-state index is 13.1. The molecule has 6 nitrogen and oxygen atoms in total. The Morgan fingerprint density at radius 2 is 1.58 bits per heavy atom. The summed E-state index contributed by atoms with van der Waals surface area (Å²) in [6, 6.07) is 22.9. The first-order valence-corrected chi connectivity index (χ1v) is 12.1. The molecule has 3 heterocycles. The van der Waals surface area contributed by atoms with Gasteiger partial charge in [-0.2, -0.15) is 0 Å². The van der Waals surface area contributed by atoms with Crippen LogP contribution in [0.15, 0.2) is 91.3 Å². The third-order valence-electron chi connectivity index (χ3n) is 6.27. The van der Waals surface area contributed by atoms with E-state index in [2.05, 4.69) is 20.9 Å². The van der Waals surface area contributed by atoms with E-state index in [1.54, 1.807) is 24.4 Å². The predicted octanol–water partition coefficient (Wildman–Crippen LogP) is 5.08. The molecule has 1 aliphatic rings. The zero-order valence-electron chi connectivity index (χ0n) is 19.9. The zero-order chi connectivity index (χ0) is 24.7. The van der Waals surface area contributed by atoms with Gasteiger partial charge in [0.2, 0.25) is 0 Å². The molecule has 1 saturated heterocycles. The summed E-state index contributed by atoms with van der Waals surface area (Å²) in [5, 5.41) is 0. The van der Waals surface area contributed by atoms with Crippen molar-refractivity contribution in [1.82, 2.24) is 19.8 Å². The van der Waals surface area contributed by atoms with E-state index < -0.39 is 0 Å². The number of hydrogen-bond acceptors (Lipinski definition) is 5. The monoisotopic (exact) mass is 482 g/mol. The van der Waals surface area contributed by atoms with E-state index in [0.29, 0.717) is 30.3 Å². The van der Waals surface area contributed by atoms with Crippen LogP contribution in [0, 0.1) is 5.82 Å². The van der Waals surface area contributed by atoms with Gasteiger partial charge in [0, 0.05) is 50.7 Å². The number of halogens is 1. The molecular formula is C29H27FN4O2. The Kier molecular flexibility index (Phi) is 7.28. The average molecular weight is 483 g/mol. The summed E-state index contributed by atoms with van der Waals surface area (Å²) < 4.78 is 18.8. The fraction of sp³-hybridized carbons (Fsp3) is 0.207. The Bertz CT molecular complexity index is 1290. The van der Waals surface area contributed by atoms with Crippen molar-refractivity contribution in [3.8, 4) is 22.8 Å². The highest BCUT2D eigenvalue weighted by atomic mass is 19.1. The van der Waals surface area contributed by atoms with Crippen LogP contribution < -0.4 is 4.74 Å². The van der Waals surface area contributed by atoms with Crippen molar-refractivity contribution in [2.24, 2.45) is 0 Å². The van der Waals surface area contributed by atoms with Gasteiger partial charge in [0.1, 0.15) is 23.0 Å². The van der Waals surface area contributed by atoms with Crippen LogP contribution in [0.3, 0.4) is 0 Å². The van der Waals surface area contributed by atoms with Crippen LogP contribution in [-0.4, -0.2) is 58.4 Å². The summed E-state index contributed by atoms with van der Waals surface area (Å²) in [4.78, 5) is 26.2. The average Bonchev–Trinajstić information content (AvgIpc) is 2.94. The van der Waals surface area contributed by atoms with Crippen molar-refractivity contribution in [3.05, 3.63) is 108 Å². The van der Waals surface area contributed by atoms with E-state index >= 15 is 0 Å². The molecule has 0 atom stereocenters. The van der Waals surface area contributed by atoms with Gasteiger partial charge in [0.15, 0.2) is 0 Å². The molecule has 1 aliphatic heterocycles. The number of ether oxygens (including phenoxy) is 1. The molecule has 2 aromatic carbocycles. The number of carbonyl (C=O) groups excluding carboxylic acids is 1. The highest BCUT2D eigenvalue weighted by Crippen LogP contribution is 2.25. The molecule has 2 aromatic heterocycles. The van der Waals surface area contributed by atoms with Crippen LogP contribution >= 0.6 is 0 Å². The number of amides is 1. The number of carbonyl (C=O) groups is 1. The van der Waals surface area contributed by atoms with Gasteiger partial charge in [-0.3, -0.25) is 14.7 Å². The highest BCUT2D eigenvalue weighted by Gasteiger charge is 2.23. The van der Waals surface area contributed by atoms with Gasteiger partial charge >= 0.3 is 0 Å². The van der Waals surface area contributed by atoms with Crippen LogP contribution in [-0.2, 0) is 6.42 Å². The Morgan fingerprint density at radius 3 is 2.28 bits per heavy atom. The first-order chi connectivity index (χ1) is 17.6. The van der Waals surface area contributed by atoms with E-state index in [1.165, 1.54) is 17.7 Å². The number of rotatable bonds is 7. The Hall–Kier alpha value is -4.10. The molecule has 7 heteroatoms. The highest BCUT2D eigenvalue weighted by molar-refractivity contribution is 5.93. The van der Waals surface area contributed by atoms with Gasteiger partial charge in [-0.05, 0) is 78.7 Å². The standard InChI is InChI=1S/C29H27FN4O2/c30-24-8-12-26(13-9-24)36-25-10-6-23(7-11-25)27-4-1-5-28(32-27)29(35)34-19-17-33(18-20-34)16-14-22-3-2-15-31-21-22/h1-13,15,21H,14,16-20H2. The fourth-order valence-electron chi connectivity index (χ4n) is 4.22. The minimum Gasteiger partial charge on any atom is -0.457 e. The second-order valence-electron chi connectivity index (χ2n) is 8.73. The van der Waals surface area contributed by atoms with E-state index in [9.17, 15) is 9.18 Å².